The van der Waals surface area contributed by atoms with Crippen LogP contribution in [0.3, 0.4) is 0 Å². The zero-order valence-corrected chi connectivity index (χ0v) is 24.3. The summed E-state index contributed by atoms with van der Waals surface area (Å²) in [7, 11) is -4.00. The van der Waals surface area contributed by atoms with Gasteiger partial charge in [0.25, 0.3) is 0 Å². The zero-order valence-electron chi connectivity index (χ0n) is 22.7. The van der Waals surface area contributed by atoms with Gasteiger partial charge in [-0.25, -0.2) is 17.6 Å². The minimum absolute atomic E-state index is 0.0639. The third kappa shape index (κ3) is 6.54. The van der Waals surface area contributed by atoms with Crippen molar-refractivity contribution in [3.63, 3.8) is 0 Å². The first kappa shape index (κ1) is 29.0. The molecule has 2 aromatic rings. The highest BCUT2D eigenvalue weighted by atomic mass is 35.5. The van der Waals surface area contributed by atoms with Gasteiger partial charge in [-0.1, -0.05) is 35.9 Å². The van der Waals surface area contributed by atoms with Gasteiger partial charge in [0.1, 0.15) is 12.4 Å². The van der Waals surface area contributed by atoms with Gasteiger partial charge in [-0.3, -0.25) is 4.90 Å². The van der Waals surface area contributed by atoms with Crippen LogP contribution in [-0.2, 0) is 14.8 Å². The van der Waals surface area contributed by atoms with E-state index in [0.29, 0.717) is 42.6 Å². The first-order chi connectivity index (χ1) is 19.2. The van der Waals surface area contributed by atoms with Crippen molar-refractivity contribution < 1.29 is 22.3 Å². The number of rotatable bonds is 6. The number of halogens is 2. The molecule has 40 heavy (non-hydrogen) atoms. The number of carbonyl (C=O) groups is 1. The lowest BCUT2D eigenvalue weighted by Gasteiger charge is -2.42. The fourth-order valence-corrected chi connectivity index (χ4v) is 8.18. The van der Waals surface area contributed by atoms with Crippen LogP contribution in [-0.4, -0.2) is 73.5 Å². The summed E-state index contributed by atoms with van der Waals surface area (Å²) >= 11 is 6.02. The van der Waals surface area contributed by atoms with Crippen LogP contribution in [0.2, 0.25) is 5.02 Å². The third-order valence-electron chi connectivity index (χ3n) is 8.45. The van der Waals surface area contributed by atoms with Gasteiger partial charge in [-0.2, -0.15) is 4.31 Å². The van der Waals surface area contributed by atoms with E-state index in [-0.39, 0.29) is 11.5 Å². The summed E-state index contributed by atoms with van der Waals surface area (Å²) < 4.78 is 49.3. The van der Waals surface area contributed by atoms with Crippen LogP contribution in [0.1, 0.15) is 56.6 Å². The van der Waals surface area contributed by atoms with Gasteiger partial charge in [0.05, 0.1) is 17.0 Å². The lowest BCUT2D eigenvalue weighted by molar-refractivity contribution is 0.0465. The first-order valence-corrected chi connectivity index (χ1v) is 15.9. The molecule has 1 amide bonds. The van der Waals surface area contributed by atoms with Crippen LogP contribution < -0.4 is 0 Å². The Morgan fingerprint density at radius 2 is 1.70 bits per heavy atom. The van der Waals surface area contributed by atoms with Gasteiger partial charge >= 0.3 is 6.09 Å². The summed E-state index contributed by atoms with van der Waals surface area (Å²) in [6, 6.07) is 11.4. The van der Waals surface area contributed by atoms with Crippen molar-refractivity contribution in [1.29, 1.82) is 0 Å². The summed E-state index contributed by atoms with van der Waals surface area (Å²) in [6.45, 7) is 7.32. The SMILES string of the molecule is C=C1CCN(C2CCN(C(=O)OCC3CCCC(c4cccc(F)c4)N3S(=O)(=O)c3ccc(Cl)cc3)CC2)CC1. The predicted molar refractivity (Wildman–Crippen MR) is 153 cm³/mol. The lowest BCUT2D eigenvalue weighted by Crippen LogP contribution is -2.50. The fraction of sp³-hybridized carbons (Fsp3) is 0.500. The molecular formula is C30H37ClFN3O4S. The van der Waals surface area contributed by atoms with Crippen molar-refractivity contribution in [2.45, 2.75) is 68.0 Å². The number of likely N-dealkylation sites (tertiary alicyclic amines) is 2. The topological polar surface area (TPSA) is 70.2 Å². The van der Waals surface area contributed by atoms with E-state index >= 15 is 0 Å². The van der Waals surface area contributed by atoms with E-state index in [1.807, 2.05) is 0 Å². The molecule has 0 aromatic heterocycles. The number of hydrogen-bond donors (Lipinski definition) is 0. The molecule has 10 heteroatoms. The molecule has 0 bridgehead atoms. The van der Waals surface area contributed by atoms with Gasteiger partial charge in [0.2, 0.25) is 10.0 Å². The van der Waals surface area contributed by atoms with Crippen molar-refractivity contribution in [3.8, 4) is 0 Å². The minimum Gasteiger partial charge on any atom is -0.448 e. The van der Waals surface area contributed by atoms with Crippen LogP contribution >= 0.6 is 11.6 Å². The summed E-state index contributed by atoms with van der Waals surface area (Å²) in [4.78, 5) is 17.4. The molecule has 0 saturated carbocycles. The summed E-state index contributed by atoms with van der Waals surface area (Å²) in [6.07, 6.45) is 5.25. The minimum atomic E-state index is -4.00. The molecule has 3 fully saturated rings. The molecule has 2 aromatic carbocycles. The molecular weight excluding hydrogens is 553 g/mol. The van der Waals surface area contributed by atoms with Crippen molar-refractivity contribution in [2.75, 3.05) is 32.8 Å². The number of carbonyl (C=O) groups excluding carboxylic acids is 1. The largest absolute Gasteiger partial charge is 0.448 e. The van der Waals surface area contributed by atoms with Crippen molar-refractivity contribution in [3.05, 3.63) is 77.1 Å². The van der Waals surface area contributed by atoms with E-state index < -0.39 is 34.0 Å². The van der Waals surface area contributed by atoms with Gasteiger partial charge in [0.15, 0.2) is 0 Å². The maximum atomic E-state index is 14.2. The molecule has 3 aliphatic rings. The fourth-order valence-electron chi connectivity index (χ4n) is 6.21. The maximum absolute atomic E-state index is 14.2. The van der Waals surface area contributed by atoms with E-state index in [0.717, 1.165) is 45.2 Å². The van der Waals surface area contributed by atoms with Crippen LogP contribution in [0.5, 0.6) is 0 Å². The molecule has 2 atom stereocenters. The summed E-state index contributed by atoms with van der Waals surface area (Å²) in [5, 5.41) is 0.430. The summed E-state index contributed by atoms with van der Waals surface area (Å²) in [5.41, 5.74) is 1.89. The van der Waals surface area contributed by atoms with Gasteiger partial charge in [-0.05, 0) is 86.9 Å². The quantitative estimate of drug-likeness (QED) is 0.386. The Balaban J connectivity index is 1.28. The standard InChI is InChI=1S/C30H37ClFN3O4S/c1-22-12-16-33(17-13-22)26-14-18-34(19-15-26)30(36)39-21-27-6-3-7-29(23-4-2-5-25(32)20-23)35(27)40(37,38)28-10-8-24(31)9-11-28/h2,4-5,8-11,20,26-27,29H,1,3,6-7,12-19,21H2. The molecule has 3 saturated heterocycles. The van der Waals surface area contributed by atoms with Crippen molar-refractivity contribution in [2.24, 2.45) is 0 Å². The van der Waals surface area contributed by atoms with Crippen molar-refractivity contribution >= 4 is 27.7 Å². The second kappa shape index (κ2) is 12.6. The number of sulfonamides is 1. The van der Waals surface area contributed by atoms with Gasteiger partial charge in [-0.15, -0.1) is 0 Å². The molecule has 2 unspecified atom stereocenters. The Morgan fingerprint density at radius 3 is 2.38 bits per heavy atom. The van der Waals surface area contributed by atoms with E-state index in [1.165, 1.54) is 46.3 Å². The number of ether oxygens (including phenoxy) is 1. The molecule has 0 aliphatic carbocycles. The van der Waals surface area contributed by atoms with E-state index in [2.05, 4.69) is 11.5 Å². The number of piperidine rings is 3. The smallest absolute Gasteiger partial charge is 0.409 e. The van der Waals surface area contributed by atoms with Crippen LogP contribution in [0.4, 0.5) is 9.18 Å². The second-order valence-electron chi connectivity index (χ2n) is 11.0. The number of nitrogens with zero attached hydrogens (tertiary/aromatic N) is 3. The molecule has 216 valence electrons. The highest BCUT2D eigenvalue weighted by Gasteiger charge is 2.41. The molecule has 0 N–H and O–H groups in total. The average molecular weight is 590 g/mol. The molecule has 7 nitrogen and oxygen atoms in total. The average Bonchev–Trinajstić information content (AvgIpc) is 2.96. The molecule has 3 aliphatic heterocycles. The molecule has 5 rings (SSSR count). The number of amides is 1. The lowest BCUT2D eigenvalue weighted by atomic mass is 9.93. The Kier molecular flexibility index (Phi) is 9.14. The van der Waals surface area contributed by atoms with Gasteiger partial charge in [0, 0.05) is 37.2 Å². The predicted octanol–water partition coefficient (Wildman–Crippen LogP) is 6.02. The second-order valence-corrected chi connectivity index (χ2v) is 13.3. The molecule has 0 radical (unpaired) electrons. The van der Waals surface area contributed by atoms with Crippen LogP contribution in [0.25, 0.3) is 0 Å². The number of benzene rings is 2. The first-order valence-electron chi connectivity index (χ1n) is 14.1. The third-order valence-corrected chi connectivity index (χ3v) is 10.7. The Hall–Kier alpha value is -2.46. The molecule has 3 heterocycles. The summed E-state index contributed by atoms with van der Waals surface area (Å²) in [5.74, 6) is -0.423. The Bertz CT molecular complexity index is 1300. The highest BCUT2D eigenvalue weighted by molar-refractivity contribution is 7.89. The monoisotopic (exact) mass is 589 g/mol. The Labute approximate surface area is 241 Å². The number of hydrogen-bond acceptors (Lipinski definition) is 5. The highest BCUT2D eigenvalue weighted by Crippen LogP contribution is 2.39. The van der Waals surface area contributed by atoms with Crippen LogP contribution in [0.15, 0.2) is 65.6 Å². The van der Waals surface area contributed by atoms with Crippen LogP contribution in [0, 0.1) is 5.82 Å². The maximum Gasteiger partial charge on any atom is 0.409 e. The zero-order chi connectivity index (χ0) is 28.3. The van der Waals surface area contributed by atoms with E-state index in [9.17, 15) is 17.6 Å². The molecule has 0 spiro atoms. The van der Waals surface area contributed by atoms with E-state index in [1.54, 1.807) is 17.0 Å². The van der Waals surface area contributed by atoms with Crippen molar-refractivity contribution in [1.82, 2.24) is 14.1 Å². The van der Waals surface area contributed by atoms with Gasteiger partial charge < -0.3 is 9.64 Å². The van der Waals surface area contributed by atoms with E-state index in [4.69, 9.17) is 16.3 Å². The normalized spacial score (nSPS) is 23.8. The Morgan fingerprint density at radius 1 is 1.00 bits per heavy atom.